The Labute approximate surface area is 234 Å². The zero-order valence-electron chi connectivity index (χ0n) is 22.7. The van der Waals surface area contributed by atoms with E-state index in [2.05, 4.69) is 0 Å². The molecule has 8 heteroatoms. The van der Waals surface area contributed by atoms with Crippen molar-refractivity contribution in [2.75, 3.05) is 31.1 Å². The van der Waals surface area contributed by atoms with E-state index in [0.717, 1.165) is 11.3 Å². The van der Waals surface area contributed by atoms with Crippen LogP contribution in [0, 0.1) is 11.8 Å². The number of para-hydroxylation sites is 1. The second-order valence-electron chi connectivity index (χ2n) is 11.0. The molecule has 0 saturated carbocycles. The topological polar surface area (TPSA) is 90.4 Å². The second kappa shape index (κ2) is 10.3. The summed E-state index contributed by atoms with van der Waals surface area (Å²) in [6.45, 7) is 3.19. The zero-order chi connectivity index (χ0) is 27.9. The summed E-state index contributed by atoms with van der Waals surface area (Å²) in [5, 5.41) is 9.64. The molecule has 0 bridgehead atoms. The van der Waals surface area contributed by atoms with Crippen LogP contribution in [0.3, 0.4) is 0 Å². The van der Waals surface area contributed by atoms with Crippen molar-refractivity contribution >= 4 is 23.4 Å². The average molecular weight is 542 g/mol. The van der Waals surface area contributed by atoms with Crippen molar-refractivity contribution in [2.45, 2.75) is 43.6 Å². The van der Waals surface area contributed by atoms with E-state index in [4.69, 9.17) is 4.74 Å². The van der Waals surface area contributed by atoms with E-state index in [0.29, 0.717) is 32.5 Å². The summed E-state index contributed by atoms with van der Waals surface area (Å²) in [4.78, 5) is 48.2. The van der Waals surface area contributed by atoms with Gasteiger partial charge in [-0.1, -0.05) is 79.8 Å². The summed E-state index contributed by atoms with van der Waals surface area (Å²) in [6.07, 6.45) is 8.48. The number of carbonyl (C=O) groups is 3. The number of anilines is 1. The Kier molecular flexibility index (Phi) is 6.84. The van der Waals surface area contributed by atoms with Crippen molar-refractivity contribution in [3.63, 3.8) is 0 Å². The normalized spacial score (nSPS) is 31.2. The van der Waals surface area contributed by atoms with Crippen molar-refractivity contribution in [1.29, 1.82) is 0 Å². The fourth-order valence-corrected chi connectivity index (χ4v) is 7.07. The third-order valence-electron chi connectivity index (χ3n) is 8.86. The molecule has 2 aromatic carbocycles. The number of hydrogen-bond acceptors (Lipinski definition) is 5. The Bertz CT molecular complexity index is 1340. The Morgan fingerprint density at radius 3 is 2.27 bits per heavy atom. The quantitative estimate of drug-likeness (QED) is 0.545. The molecule has 0 aliphatic carbocycles. The van der Waals surface area contributed by atoms with Crippen LogP contribution in [0.25, 0.3) is 0 Å². The van der Waals surface area contributed by atoms with Crippen LogP contribution in [0.1, 0.15) is 25.3 Å². The van der Waals surface area contributed by atoms with Crippen LogP contribution in [0.4, 0.5) is 5.69 Å². The maximum absolute atomic E-state index is 14.4. The number of amides is 3. The number of carbonyl (C=O) groups excluding carboxylic acids is 3. The SMILES string of the molecule is CC[C@@]12C=CCN(c3ccccc3)C(=O)[C@@H]1[C@H]1C(=O)N(CCCO)C3C(=O)N(Cc4ccccc4)CC=C[C@@]31O2. The molecule has 4 heterocycles. The first kappa shape index (κ1) is 26.5. The molecule has 208 valence electrons. The van der Waals surface area contributed by atoms with Crippen LogP contribution in [0.5, 0.6) is 0 Å². The fraction of sp³-hybridized carbons (Fsp3) is 0.406. The van der Waals surface area contributed by atoms with Gasteiger partial charge in [0, 0.05) is 38.5 Å². The number of fused-ring (bicyclic) bond motifs is 2. The van der Waals surface area contributed by atoms with Gasteiger partial charge in [-0.05, 0) is 30.5 Å². The first-order chi connectivity index (χ1) is 19.5. The van der Waals surface area contributed by atoms with Gasteiger partial charge in [-0.2, -0.15) is 0 Å². The number of aliphatic hydroxyl groups excluding tert-OH is 1. The highest BCUT2D eigenvalue weighted by atomic mass is 16.5. The van der Waals surface area contributed by atoms with Crippen molar-refractivity contribution in [3.8, 4) is 0 Å². The minimum absolute atomic E-state index is 0.113. The first-order valence-corrected chi connectivity index (χ1v) is 14.1. The maximum Gasteiger partial charge on any atom is 0.249 e. The van der Waals surface area contributed by atoms with Crippen LogP contribution in [-0.4, -0.2) is 76.1 Å². The Hall–Kier alpha value is -3.75. The van der Waals surface area contributed by atoms with Gasteiger partial charge in [0.2, 0.25) is 17.7 Å². The minimum Gasteiger partial charge on any atom is -0.396 e. The number of likely N-dealkylation sites (tertiary alicyclic amines) is 1. The Morgan fingerprint density at radius 2 is 1.57 bits per heavy atom. The highest BCUT2D eigenvalue weighted by Crippen LogP contribution is 2.58. The van der Waals surface area contributed by atoms with E-state index >= 15 is 0 Å². The van der Waals surface area contributed by atoms with Crippen LogP contribution in [0.15, 0.2) is 85.0 Å². The molecule has 4 aliphatic rings. The molecule has 2 saturated heterocycles. The van der Waals surface area contributed by atoms with E-state index in [1.807, 2.05) is 91.9 Å². The molecular weight excluding hydrogens is 506 g/mol. The van der Waals surface area contributed by atoms with Gasteiger partial charge in [-0.15, -0.1) is 0 Å². The van der Waals surface area contributed by atoms with Gasteiger partial charge < -0.3 is 24.5 Å². The molecule has 1 unspecified atom stereocenters. The molecule has 5 atom stereocenters. The highest BCUT2D eigenvalue weighted by molar-refractivity contribution is 6.04. The molecular formula is C32H35N3O5. The summed E-state index contributed by atoms with van der Waals surface area (Å²) in [5.74, 6) is -2.32. The predicted octanol–water partition coefficient (Wildman–Crippen LogP) is 2.93. The monoisotopic (exact) mass is 541 g/mol. The van der Waals surface area contributed by atoms with Crippen molar-refractivity contribution in [2.24, 2.45) is 11.8 Å². The number of nitrogens with zero attached hydrogens (tertiary/aromatic N) is 3. The lowest BCUT2D eigenvalue weighted by molar-refractivity contribution is -0.152. The van der Waals surface area contributed by atoms with Gasteiger partial charge in [0.05, 0.1) is 17.4 Å². The summed E-state index contributed by atoms with van der Waals surface area (Å²) in [5.41, 5.74) is -0.579. The maximum atomic E-state index is 14.4. The number of aliphatic hydroxyl groups is 1. The standard InChI is InChI=1S/C32H35N3O5/c1-2-31-16-9-19-34(24-14-7-4-8-15-24)28(37)25(31)26-29(38)35(20-11-21-36)27-30(39)33(18-10-17-32(26,27)40-31)22-23-12-5-3-6-13-23/h3-10,12-17,25-27,36H,2,11,18-22H2,1H3/t25-,26-,27?,31+,32-/m0/s1. The third kappa shape index (κ3) is 4.00. The summed E-state index contributed by atoms with van der Waals surface area (Å²) >= 11 is 0. The third-order valence-corrected chi connectivity index (χ3v) is 8.86. The number of ether oxygens (including phenoxy) is 1. The first-order valence-electron chi connectivity index (χ1n) is 14.1. The minimum atomic E-state index is -1.30. The smallest absolute Gasteiger partial charge is 0.249 e. The summed E-state index contributed by atoms with van der Waals surface area (Å²) in [7, 11) is 0. The zero-order valence-corrected chi connectivity index (χ0v) is 22.7. The van der Waals surface area contributed by atoms with E-state index in [1.165, 1.54) is 0 Å². The Balaban J connectivity index is 1.45. The van der Waals surface area contributed by atoms with Gasteiger partial charge in [0.15, 0.2) is 0 Å². The molecule has 3 amide bonds. The van der Waals surface area contributed by atoms with Gasteiger partial charge >= 0.3 is 0 Å². The summed E-state index contributed by atoms with van der Waals surface area (Å²) in [6, 6.07) is 18.3. The molecule has 0 radical (unpaired) electrons. The molecule has 2 aromatic rings. The van der Waals surface area contributed by atoms with E-state index in [-0.39, 0.29) is 30.9 Å². The number of rotatable bonds is 7. The van der Waals surface area contributed by atoms with Crippen LogP contribution in [-0.2, 0) is 25.7 Å². The van der Waals surface area contributed by atoms with Gasteiger partial charge in [0.1, 0.15) is 11.6 Å². The molecule has 40 heavy (non-hydrogen) atoms. The molecule has 4 aliphatic heterocycles. The van der Waals surface area contributed by atoms with E-state index in [9.17, 15) is 19.5 Å². The van der Waals surface area contributed by atoms with Crippen LogP contribution in [0.2, 0.25) is 0 Å². The van der Waals surface area contributed by atoms with Gasteiger partial charge in [-0.3, -0.25) is 14.4 Å². The van der Waals surface area contributed by atoms with E-state index in [1.54, 1.807) is 14.7 Å². The largest absolute Gasteiger partial charge is 0.396 e. The van der Waals surface area contributed by atoms with Crippen molar-refractivity contribution in [1.82, 2.24) is 9.80 Å². The van der Waals surface area contributed by atoms with Gasteiger partial charge in [-0.25, -0.2) is 0 Å². The summed E-state index contributed by atoms with van der Waals surface area (Å²) < 4.78 is 6.99. The molecule has 0 aromatic heterocycles. The van der Waals surface area contributed by atoms with Crippen molar-refractivity contribution in [3.05, 3.63) is 90.5 Å². The molecule has 2 fully saturated rings. The predicted molar refractivity (Wildman–Crippen MR) is 150 cm³/mol. The lowest BCUT2D eigenvalue weighted by Gasteiger charge is -2.38. The Morgan fingerprint density at radius 1 is 0.875 bits per heavy atom. The van der Waals surface area contributed by atoms with Crippen molar-refractivity contribution < 1.29 is 24.2 Å². The molecule has 6 rings (SSSR count). The average Bonchev–Trinajstić information content (AvgIpc) is 3.27. The molecule has 8 nitrogen and oxygen atoms in total. The lowest BCUT2D eigenvalue weighted by Crippen LogP contribution is -2.56. The van der Waals surface area contributed by atoms with Gasteiger partial charge in [0.25, 0.3) is 0 Å². The second-order valence-corrected chi connectivity index (χ2v) is 11.0. The highest BCUT2D eigenvalue weighted by Gasteiger charge is 2.75. The lowest BCUT2D eigenvalue weighted by atomic mass is 9.73. The van der Waals surface area contributed by atoms with Crippen LogP contribution >= 0.6 is 0 Å². The fourth-order valence-electron chi connectivity index (χ4n) is 7.07. The van der Waals surface area contributed by atoms with E-state index < -0.39 is 29.1 Å². The molecule has 1 N–H and O–H groups in total. The molecule has 1 spiro atoms. The number of hydrogen-bond donors (Lipinski definition) is 1. The van der Waals surface area contributed by atoms with Crippen LogP contribution < -0.4 is 4.90 Å². The number of benzene rings is 2.